The number of hydrogen-bond donors (Lipinski definition) is 0. The van der Waals surface area contributed by atoms with Crippen molar-refractivity contribution in [3.8, 4) is 5.75 Å². The van der Waals surface area contributed by atoms with Gasteiger partial charge < -0.3 is 9.64 Å². The number of aromatic nitrogens is 3. The molecule has 1 amide bonds. The van der Waals surface area contributed by atoms with Crippen LogP contribution in [0.15, 0.2) is 49.1 Å². The second-order valence-electron chi connectivity index (χ2n) is 10.0. The van der Waals surface area contributed by atoms with E-state index in [9.17, 15) is 4.79 Å². The molecule has 2 fully saturated rings. The lowest BCUT2D eigenvalue weighted by Crippen LogP contribution is -2.43. The van der Waals surface area contributed by atoms with Crippen molar-refractivity contribution in [2.45, 2.75) is 44.1 Å². The summed E-state index contributed by atoms with van der Waals surface area (Å²) < 4.78 is 7.85. The predicted molar refractivity (Wildman–Crippen MR) is 165 cm³/mol. The van der Waals surface area contributed by atoms with Crippen LogP contribution in [0, 0.1) is 0 Å². The molecule has 5 rings (SSSR count). The smallest absolute Gasteiger partial charge is 0.247 e. The molecule has 7 nitrogen and oxygen atoms in total. The summed E-state index contributed by atoms with van der Waals surface area (Å²) in [5, 5.41) is 6.04. The highest BCUT2D eigenvalue weighted by molar-refractivity contribution is 6.35. The Kier molecular flexibility index (Phi) is 12.7. The van der Waals surface area contributed by atoms with Crippen LogP contribution in [0.25, 0.3) is 0 Å². The van der Waals surface area contributed by atoms with Crippen molar-refractivity contribution in [1.82, 2.24) is 24.6 Å². The van der Waals surface area contributed by atoms with Gasteiger partial charge in [-0.2, -0.15) is 5.10 Å². The maximum atomic E-state index is 13.7. The Balaban J connectivity index is 0.00000220. The molecule has 1 atom stereocenters. The summed E-state index contributed by atoms with van der Waals surface area (Å²) in [7, 11) is 0. The van der Waals surface area contributed by atoms with Crippen LogP contribution in [0.4, 0.5) is 0 Å². The average Bonchev–Trinajstić information content (AvgIpc) is 3.63. The number of piperidine rings is 1. The van der Waals surface area contributed by atoms with Crippen LogP contribution in [-0.4, -0.2) is 69.8 Å². The Hall–Kier alpha value is -1.74. The zero-order chi connectivity index (χ0) is 26.5. The molecule has 2 aliphatic heterocycles. The van der Waals surface area contributed by atoms with E-state index in [0.717, 1.165) is 43.8 Å². The largest absolute Gasteiger partial charge is 0.492 e. The quantitative estimate of drug-likeness (QED) is 0.257. The van der Waals surface area contributed by atoms with Gasteiger partial charge in [0.2, 0.25) is 5.91 Å². The normalized spacial score (nSPS) is 16.7. The number of rotatable bonds is 9. The van der Waals surface area contributed by atoms with Crippen LogP contribution >= 0.6 is 59.6 Å². The number of carbonyl (C=O) groups is 1. The van der Waals surface area contributed by atoms with Crippen LogP contribution in [0.1, 0.15) is 48.8 Å². The minimum absolute atomic E-state index is 0. The first-order valence-corrected chi connectivity index (χ1v) is 14.3. The molecule has 2 aromatic carbocycles. The second-order valence-corrected chi connectivity index (χ2v) is 11.3. The van der Waals surface area contributed by atoms with E-state index in [4.69, 9.17) is 39.5 Å². The van der Waals surface area contributed by atoms with E-state index in [1.54, 1.807) is 23.1 Å². The molecule has 2 aliphatic rings. The third-order valence-electron chi connectivity index (χ3n) is 7.56. The van der Waals surface area contributed by atoms with Gasteiger partial charge in [0.15, 0.2) is 0 Å². The van der Waals surface area contributed by atoms with E-state index in [-0.39, 0.29) is 30.7 Å². The lowest BCUT2D eigenvalue weighted by Gasteiger charge is -2.35. The first kappa shape index (κ1) is 32.8. The summed E-state index contributed by atoms with van der Waals surface area (Å²) >= 11 is 18.8. The van der Waals surface area contributed by atoms with Crippen molar-refractivity contribution in [3.05, 3.63) is 75.2 Å². The number of amides is 1. The van der Waals surface area contributed by atoms with Crippen molar-refractivity contribution in [2.24, 2.45) is 0 Å². The fourth-order valence-corrected chi connectivity index (χ4v) is 6.10. The summed E-state index contributed by atoms with van der Waals surface area (Å²) in [5.41, 5.74) is 2.01. The number of likely N-dealkylation sites (tertiary alicyclic amines) is 2. The van der Waals surface area contributed by atoms with Crippen molar-refractivity contribution < 1.29 is 9.53 Å². The van der Waals surface area contributed by atoms with Gasteiger partial charge in [-0.05, 0) is 80.1 Å². The highest BCUT2D eigenvalue weighted by Gasteiger charge is 2.32. The Morgan fingerprint density at radius 3 is 2.35 bits per heavy atom. The number of hydrogen-bond acceptors (Lipinski definition) is 5. The third kappa shape index (κ3) is 8.17. The number of carbonyl (C=O) groups excluding carboxylic acids is 1. The Morgan fingerprint density at radius 2 is 1.68 bits per heavy atom. The molecular weight excluding hydrogens is 616 g/mol. The molecule has 0 bridgehead atoms. The predicted octanol–water partition coefficient (Wildman–Crippen LogP) is 6.75. The molecule has 0 saturated carbocycles. The van der Waals surface area contributed by atoms with Crippen LogP contribution in [0.5, 0.6) is 5.75 Å². The first-order chi connectivity index (χ1) is 18.5. The van der Waals surface area contributed by atoms with Crippen LogP contribution in [0.3, 0.4) is 0 Å². The van der Waals surface area contributed by atoms with Gasteiger partial charge >= 0.3 is 0 Å². The molecule has 218 valence electrons. The minimum Gasteiger partial charge on any atom is -0.492 e. The van der Waals surface area contributed by atoms with Crippen LogP contribution < -0.4 is 4.74 Å². The van der Waals surface area contributed by atoms with Gasteiger partial charge in [0.05, 0.1) is 0 Å². The zero-order valence-electron chi connectivity index (χ0n) is 22.1. The lowest BCUT2D eigenvalue weighted by atomic mass is 9.88. The summed E-state index contributed by atoms with van der Waals surface area (Å²) in [6.07, 6.45) is 7.67. The van der Waals surface area contributed by atoms with Crippen molar-refractivity contribution in [3.63, 3.8) is 0 Å². The molecule has 40 heavy (non-hydrogen) atoms. The zero-order valence-corrected chi connectivity index (χ0v) is 26.0. The summed E-state index contributed by atoms with van der Waals surface area (Å²) in [6.45, 7) is 5.19. The molecule has 0 N–H and O–H groups in total. The highest BCUT2D eigenvalue weighted by atomic mass is 35.5. The van der Waals surface area contributed by atoms with Crippen molar-refractivity contribution in [2.75, 3.05) is 39.3 Å². The topological polar surface area (TPSA) is 63.5 Å². The summed E-state index contributed by atoms with van der Waals surface area (Å²) in [4.78, 5) is 22.2. The summed E-state index contributed by atoms with van der Waals surface area (Å²) in [5.74, 6) is 1.17. The third-order valence-corrected chi connectivity index (χ3v) is 8.38. The fraction of sp³-hybridized carbons (Fsp3) is 0.464. The van der Waals surface area contributed by atoms with Gasteiger partial charge in [-0.15, -0.1) is 24.8 Å². The van der Waals surface area contributed by atoms with E-state index in [2.05, 4.69) is 21.0 Å². The van der Waals surface area contributed by atoms with Crippen molar-refractivity contribution in [1.29, 1.82) is 0 Å². The second kappa shape index (κ2) is 15.5. The molecule has 0 radical (unpaired) electrons. The Morgan fingerprint density at radius 1 is 0.975 bits per heavy atom. The van der Waals surface area contributed by atoms with E-state index < -0.39 is 6.04 Å². The molecule has 0 aliphatic carbocycles. The SMILES string of the molecule is Cl.Cl.O=C([C@@H](Cc1ccc(Cl)cc1Cl)n1cncn1)N1CCC(c2ccc(Cl)cc2OCCN2CCCC2)CC1. The van der Waals surface area contributed by atoms with Gasteiger partial charge in [0.25, 0.3) is 0 Å². The minimum atomic E-state index is -0.535. The molecule has 1 aromatic heterocycles. The number of nitrogens with zero attached hydrogens (tertiary/aromatic N) is 5. The maximum Gasteiger partial charge on any atom is 0.247 e. The Bertz CT molecular complexity index is 1230. The molecular formula is C28H34Cl5N5O2. The monoisotopic (exact) mass is 647 g/mol. The maximum absolute atomic E-state index is 13.7. The summed E-state index contributed by atoms with van der Waals surface area (Å²) in [6, 6.07) is 10.7. The van der Waals surface area contributed by atoms with Gasteiger partial charge in [0.1, 0.15) is 31.1 Å². The van der Waals surface area contributed by atoms with E-state index >= 15 is 0 Å². The highest BCUT2D eigenvalue weighted by Crippen LogP contribution is 2.37. The van der Waals surface area contributed by atoms with Gasteiger partial charge in [-0.3, -0.25) is 9.69 Å². The number of halogens is 5. The molecule has 3 aromatic rings. The van der Waals surface area contributed by atoms with Gasteiger partial charge in [-0.25, -0.2) is 9.67 Å². The van der Waals surface area contributed by atoms with Gasteiger partial charge in [-0.1, -0.05) is 46.9 Å². The molecule has 2 saturated heterocycles. The standard InChI is InChI=1S/C28H32Cl3N5O2.2ClH/c29-22-4-3-21(25(31)16-22)15-26(36-19-32-18-33-36)28(37)35-11-7-20(8-12-35)24-6-5-23(30)17-27(24)38-14-13-34-9-1-2-10-34;;/h3-6,16-20,26H,1-2,7-15H2;2*1H/t26-;;/m1../s1. The molecule has 12 heteroatoms. The van der Waals surface area contributed by atoms with E-state index in [0.29, 0.717) is 47.1 Å². The lowest BCUT2D eigenvalue weighted by molar-refractivity contribution is -0.136. The number of ether oxygens (including phenoxy) is 1. The average molecular weight is 650 g/mol. The van der Waals surface area contributed by atoms with E-state index in [1.165, 1.54) is 24.7 Å². The fourth-order valence-electron chi connectivity index (χ4n) is 5.45. The van der Waals surface area contributed by atoms with E-state index in [1.807, 2.05) is 23.1 Å². The Labute approximate surface area is 262 Å². The number of benzene rings is 2. The molecule has 3 heterocycles. The molecule has 0 unspecified atom stereocenters. The molecule has 0 spiro atoms. The van der Waals surface area contributed by atoms with Crippen molar-refractivity contribution >= 4 is 65.5 Å². The van der Waals surface area contributed by atoms with Gasteiger partial charge in [0, 0.05) is 41.1 Å². The van der Waals surface area contributed by atoms with Crippen LogP contribution in [-0.2, 0) is 11.2 Å². The first-order valence-electron chi connectivity index (χ1n) is 13.2. The van der Waals surface area contributed by atoms with Crippen LogP contribution in [0.2, 0.25) is 15.1 Å².